The van der Waals surface area contributed by atoms with Gasteiger partial charge < -0.3 is 9.88 Å². The van der Waals surface area contributed by atoms with E-state index in [0.29, 0.717) is 27.5 Å². The van der Waals surface area contributed by atoms with Crippen LogP contribution in [0.15, 0.2) is 64.7 Å². The summed E-state index contributed by atoms with van der Waals surface area (Å²) in [5, 5.41) is 3.56. The monoisotopic (exact) mass is 361 g/mol. The van der Waals surface area contributed by atoms with E-state index in [-0.39, 0.29) is 17.7 Å². The van der Waals surface area contributed by atoms with Gasteiger partial charge in [0.25, 0.3) is 11.1 Å². The molecule has 0 aliphatic carbocycles. The van der Waals surface area contributed by atoms with Gasteiger partial charge in [0.05, 0.1) is 34.5 Å². The number of carbonyl (C=O) groups excluding carboxylic acids is 1. The smallest absolute Gasteiger partial charge is 0.261 e. The van der Waals surface area contributed by atoms with E-state index in [1.54, 1.807) is 49.5 Å². The van der Waals surface area contributed by atoms with Crippen LogP contribution in [0, 0.1) is 0 Å². The first-order valence-corrected chi connectivity index (χ1v) is 8.22. The number of hydrogen-bond acceptors (Lipinski definition) is 5. The van der Waals surface area contributed by atoms with Crippen molar-refractivity contribution in [3.05, 3.63) is 75.8 Å². The molecular formula is C19H15N5O3. The molecule has 2 aromatic heterocycles. The summed E-state index contributed by atoms with van der Waals surface area (Å²) in [5.74, 6) is -0.394. The number of para-hydroxylation sites is 1. The van der Waals surface area contributed by atoms with Crippen LogP contribution in [0.5, 0.6) is 0 Å². The van der Waals surface area contributed by atoms with Gasteiger partial charge in [0.15, 0.2) is 0 Å². The summed E-state index contributed by atoms with van der Waals surface area (Å²) < 4.78 is 2.62. The van der Waals surface area contributed by atoms with Crippen molar-refractivity contribution in [2.24, 2.45) is 7.05 Å². The number of nitrogens with zero attached hydrogens (tertiary/aromatic N) is 4. The molecule has 4 rings (SSSR count). The summed E-state index contributed by atoms with van der Waals surface area (Å²) in [7, 11) is 1.61. The van der Waals surface area contributed by atoms with Crippen molar-refractivity contribution in [3.63, 3.8) is 0 Å². The minimum Gasteiger partial charge on any atom is -0.325 e. The van der Waals surface area contributed by atoms with E-state index in [1.807, 2.05) is 0 Å². The Labute approximate surface area is 152 Å². The van der Waals surface area contributed by atoms with E-state index < -0.39 is 5.91 Å². The van der Waals surface area contributed by atoms with Crippen molar-refractivity contribution in [1.82, 2.24) is 19.1 Å². The predicted octanol–water partition coefficient (Wildman–Crippen LogP) is 1.28. The van der Waals surface area contributed by atoms with Crippen LogP contribution in [0.3, 0.4) is 0 Å². The fourth-order valence-electron chi connectivity index (χ4n) is 2.86. The number of fused-ring (bicyclic) bond motifs is 2. The minimum absolute atomic E-state index is 0.181. The Morgan fingerprint density at radius 1 is 0.963 bits per heavy atom. The van der Waals surface area contributed by atoms with Gasteiger partial charge >= 0.3 is 0 Å². The highest BCUT2D eigenvalue weighted by molar-refractivity contribution is 5.93. The third-order valence-electron chi connectivity index (χ3n) is 4.25. The van der Waals surface area contributed by atoms with E-state index in [4.69, 9.17) is 0 Å². The Morgan fingerprint density at radius 2 is 1.70 bits per heavy atom. The normalized spacial score (nSPS) is 11.0. The number of benzene rings is 2. The van der Waals surface area contributed by atoms with Gasteiger partial charge in [0.2, 0.25) is 5.91 Å². The lowest BCUT2D eigenvalue weighted by Gasteiger charge is -2.09. The van der Waals surface area contributed by atoms with Crippen molar-refractivity contribution >= 4 is 33.4 Å². The lowest BCUT2D eigenvalue weighted by atomic mass is 10.2. The summed E-state index contributed by atoms with van der Waals surface area (Å²) >= 11 is 0. The van der Waals surface area contributed by atoms with Gasteiger partial charge in [-0.1, -0.05) is 12.1 Å². The molecule has 1 amide bonds. The van der Waals surface area contributed by atoms with E-state index in [1.165, 1.54) is 21.8 Å². The van der Waals surface area contributed by atoms with Crippen LogP contribution >= 0.6 is 0 Å². The largest absolute Gasteiger partial charge is 0.325 e. The third-order valence-corrected chi connectivity index (χ3v) is 4.25. The first-order valence-electron chi connectivity index (χ1n) is 8.22. The Bertz CT molecular complexity index is 1310. The summed E-state index contributed by atoms with van der Waals surface area (Å²) in [6, 6.07) is 11.9. The van der Waals surface area contributed by atoms with Crippen molar-refractivity contribution in [2.45, 2.75) is 6.54 Å². The highest BCUT2D eigenvalue weighted by atomic mass is 16.2. The van der Waals surface area contributed by atoms with Crippen LogP contribution in [0.4, 0.5) is 5.69 Å². The molecule has 0 spiro atoms. The maximum absolute atomic E-state index is 12.5. The molecule has 0 unspecified atom stereocenters. The van der Waals surface area contributed by atoms with Crippen molar-refractivity contribution < 1.29 is 4.79 Å². The summed E-state index contributed by atoms with van der Waals surface area (Å²) in [4.78, 5) is 45.4. The number of aryl methyl sites for hydroxylation is 1. The van der Waals surface area contributed by atoms with E-state index >= 15 is 0 Å². The van der Waals surface area contributed by atoms with Crippen LogP contribution < -0.4 is 16.4 Å². The number of anilines is 1. The number of hydrogen-bond donors (Lipinski definition) is 1. The van der Waals surface area contributed by atoms with Crippen molar-refractivity contribution in [3.8, 4) is 0 Å². The molecule has 2 aromatic carbocycles. The Balaban J connectivity index is 1.61. The molecule has 0 aliphatic rings. The van der Waals surface area contributed by atoms with Crippen LogP contribution in [0.25, 0.3) is 21.8 Å². The number of rotatable bonds is 3. The predicted molar refractivity (Wildman–Crippen MR) is 102 cm³/mol. The Kier molecular flexibility index (Phi) is 4.00. The average Bonchev–Trinajstić information content (AvgIpc) is 2.67. The van der Waals surface area contributed by atoms with Crippen LogP contribution in [0.1, 0.15) is 0 Å². The maximum atomic E-state index is 12.5. The third kappa shape index (κ3) is 3.08. The second-order valence-electron chi connectivity index (χ2n) is 6.14. The van der Waals surface area contributed by atoms with Crippen molar-refractivity contribution in [1.29, 1.82) is 0 Å². The van der Waals surface area contributed by atoms with Gasteiger partial charge in [-0.3, -0.25) is 19.0 Å². The van der Waals surface area contributed by atoms with Gasteiger partial charge in [-0.05, 0) is 30.3 Å². The summed E-state index contributed by atoms with van der Waals surface area (Å²) in [6.45, 7) is -0.181. The second-order valence-corrected chi connectivity index (χ2v) is 6.14. The lowest BCUT2D eigenvalue weighted by molar-refractivity contribution is -0.116. The first kappa shape index (κ1) is 16.6. The topological polar surface area (TPSA) is 98.9 Å². The van der Waals surface area contributed by atoms with Crippen LogP contribution in [-0.4, -0.2) is 25.0 Å². The Hall–Kier alpha value is -3.81. The molecule has 27 heavy (non-hydrogen) atoms. The highest BCUT2D eigenvalue weighted by Crippen LogP contribution is 2.14. The molecule has 134 valence electrons. The zero-order valence-corrected chi connectivity index (χ0v) is 14.4. The fraction of sp³-hybridized carbons (Fsp3) is 0.105. The molecular weight excluding hydrogens is 346 g/mol. The quantitative estimate of drug-likeness (QED) is 0.593. The number of aromatic nitrogens is 4. The average molecular weight is 361 g/mol. The molecule has 0 aliphatic heterocycles. The molecule has 0 radical (unpaired) electrons. The van der Waals surface area contributed by atoms with Crippen LogP contribution in [-0.2, 0) is 18.4 Å². The maximum Gasteiger partial charge on any atom is 0.261 e. The highest BCUT2D eigenvalue weighted by Gasteiger charge is 2.10. The summed E-state index contributed by atoms with van der Waals surface area (Å²) in [5.41, 5.74) is 1.10. The molecule has 2 heterocycles. The minimum atomic E-state index is -0.394. The van der Waals surface area contributed by atoms with Gasteiger partial charge in [-0.2, -0.15) is 0 Å². The zero-order valence-electron chi connectivity index (χ0n) is 14.4. The number of carbonyl (C=O) groups is 1. The van der Waals surface area contributed by atoms with E-state index in [2.05, 4.69) is 15.3 Å². The molecule has 0 bridgehead atoms. The fourth-order valence-corrected chi connectivity index (χ4v) is 2.86. The number of nitrogens with one attached hydrogen (secondary N) is 1. The van der Waals surface area contributed by atoms with Gasteiger partial charge in [0.1, 0.15) is 6.54 Å². The van der Waals surface area contributed by atoms with Gasteiger partial charge in [-0.15, -0.1) is 0 Å². The summed E-state index contributed by atoms with van der Waals surface area (Å²) in [6.07, 6.45) is 2.80. The number of amides is 1. The molecule has 4 aromatic rings. The second kappa shape index (κ2) is 6.49. The zero-order chi connectivity index (χ0) is 19.0. The van der Waals surface area contributed by atoms with E-state index in [0.717, 1.165) is 0 Å². The first-order chi connectivity index (χ1) is 13.0. The molecule has 0 saturated heterocycles. The van der Waals surface area contributed by atoms with E-state index in [9.17, 15) is 14.4 Å². The Morgan fingerprint density at radius 3 is 2.56 bits per heavy atom. The van der Waals surface area contributed by atoms with Gasteiger partial charge in [0, 0.05) is 12.7 Å². The SMILES string of the molecule is Cn1cnc2ccc(NC(=O)Cn3cnc4ccccc4c3=O)cc2c1=O. The molecule has 0 atom stereocenters. The van der Waals surface area contributed by atoms with Crippen LogP contribution in [0.2, 0.25) is 0 Å². The molecule has 0 saturated carbocycles. The molecule has 8 heteroatoms. The lowest BCUT2D eigenvalue weighted by Crippen LogP contribution is -2.28. The molecule has 0 fully saturated rings. The molecule has 8 nitrogen and oxygen atoms in total. The standard InChI is InChI=1S/C19H15N5O3/c1-23-10-20-16-7-6-12(8-14(16)18(23)26)22-17(25)9-24-11-21-15-5-3-2-4-13(15)19(24)27/h2-8,10-11H,9H2,1H3,(H,22,25). The van der Waals surface area contributed by atoms with Crippen molar-refractivity contribution in [2.75, 3.05) is 5.32 Å². The molecule has 1 N–H and O–H groups in total. The van der Waals surface area contributed by atoms with Gasteiger partial charge in [-0.25, -0.2) is 9.97 Å².